The Morgan fingerprint density at radius 3 is 2.13 bits per heavy atom. The number of benzene rings is 3. The van der Waals surface area contributed by atoms with E-state index in [1.807, 2.05) is 88.4 Å². The average molecular weight is 615 g/mol. The first kappa shape index (κ1) is 30.4. The van der Waals surface area contributed by atoms with E-state index in [0.717, 1.165) is 37.3 Å². The molecule has 1 N–H and O–H groups in total. The van der Waals surface area contributed by atoms with Crippen molar-refractivity contribution in [1.82, 2.24) is 10.2 Å². The second-order valence-electron chi connectivity index (χ2n) is 10.0. The van der Waals surface area contributed by atoms with Gasteiger partial charge >= 0.3 is 0 Å². The smallest absolute Gasteiger partial charge is 0.244 e. The van der Waals surface area contributed by atoms with Gasteiger partial charge in [0.1, 0.15) is 12.6 Å². The number of nitrogens with zero attached hydrogens (tertiary/aromatic N) is 2. The third-order valence-electron chi connectivity index (χ3n) is 6.49. The molecule has 2 amide bonds. The van der Waals surface area contributed by atoms with Gasteiger partial charge in [0.05, 0.1) is 11.9 Å². The number of aryl methyl sites for hydroxylation is 1. The molecule has 0 aliphatic heterocycles. The van der Waals surface area contributed by atoms with E-state index >= 15 is 0 Å². The average Bonchev–Trinajstić information content (AvgIpc) is 2.87. The van der Waals surface area contributed by atoms with Crippen LogP contribution in [0.5, 0.6) is 0 Å². The van der Waals surface area contributed by atoms with Gasteiger partial charge < -0.3 is 10.2 Å². The quantitative estimate of drug-likeness (QED) is 0.330. The number of rotatable bonds is 11. The number of nitrogens with one attached hydrogen (secondary N) is 1. The predicted octanol–water partition coefficient (Wildman–Crippen LogP) is 5.00. The summed E-state index contributed by atoms with van der Waals surface area (Å²) in [6.45, 7) is 7.17. The first-order valence-corrected chi connectivity index (χ1v) is 15.4. The molecule has 39 heavy (non-hydrogen) atoms. The van der Waals surface area contributed by atoms with Crippen LogP contribution in [0, 0.1) is 13.8 Å². The van der Waals surface area contributed by atoms with Crippen LogP contribution in [0.4, 0.5) is 5.69 Å². The van der Waals surface area contributed by atoms with E-state index in [4.69, 9.17) is 0 Å². The van der Waals surface area contributed by atoms with Gasteiger partial charge in [-0.25, -0.2) is 8.42 Å². The Morgan fingerprint density at radius 2 is 1.54 bits per heavy atom. The summed E-state index contributed by atoms with van der Waals surface area (Å²) in [5, 5.41) is 2.95. The minimum Gasteiger partial charge on any atom is -0.352 e. The van der Waals surface area contributed by atoms with Crippen LogP contribution in [0.3, 0.4) is 0 Å². The number of halogens is 1. The molecule has 208 valence electrons. The molecule has 0 saturated heterocycles. The lowest BCUT2D eigenvalue weighted by Crippen LogP contribution is -2.54. The van der Waals surface area contributed by atoms with E-state index in [-0.39, 0.29) is 24.9 Å². The molecular formula is C30H36BrN3O4S. The standard InChI is InChI=1S/C30H36BrN3O4S/c1-21(2)32-30(36)28(18-24-11-7-6-8-12-24)33(19-25-14-16-26(31)17-15-25)29(35)20-34(39(5,37)38)27-13-9-10-22(3)23(27)4/h6-17,21,28H,18-20H2,1-5H3,(H,32,36)/t28-/m1/s1. The summed E-state index contributed by atoms with van der Waals surface area (Å²) < 4.78 is 27.9. The molecule has 0 fully saturated rings. The van der Waals surface area contributed by atoms with Crippen molar-refractivity contribution in [3.05, 3.63) is 99.5 Å². The maximum atomic E-state index is 14.1. The molecule has 0 aromatic heterocycles. The third kappa shape index (κ3) is 8.41. The Bertz CT molecular complexity index is 1390. The molecule has 7 nitrogen and oxygen atoms in total. The number of hydrogen-bond acceptors (Lipinski definition) is 4. The largest absolute Gasteiger partial charge is 0.352 e. The molecule has 3 rings (SSSR count). The van der Waals surface area contributed by atoms with Gasteiger partial charge in [0.15, 0.2) is 0 Å². The fourth-order valence-electron chi connectivity index (χ4n) is 4.32. The summed E-state index contributed by atoms with van der Waals surface area (Å²) in [6.07, 6.45) is 1.37. The fraction of sp³-hybridized carbons (Fsp3) is 0.333. The SMILES string of the molecule is Cc1cccc(N(CC(=O)N(Cc2ccc(Br)cc2)[C@H](Cc2ccccc2)C(=O)NC(C)C)S(C)(=O)=O)c1C. The summed E-state index contributed by atoms with van der Waals surface area (Å²) in [6, 6.07) is 21.4. The zero-order chi connectivity index (χ0) is 28.7. The van der Waals surface area contributed by atoms with E-state index in [1.165, 1.54) is 4.90 Å². The van der Waals surface area contributed by atoms with E-state index in [1.54, 1.807) is 12.1 Å². The number of carbonyl (C=O) groups excluding carboxylic acids is 2. The van der Waals surface area contributed by atoms with Gasteiger partial charge in [-0.3, -0.25) is 13.9 Å². The van der Waals surface area contributed by atoms with Crippen molar-refractivity contribution in [2.75, 3.05) is 17.1 Å². The summed E-state index contributed by atoms with van der Waals surface area (Å²) in [5.41, 5.74) is 3.84. The van der Waals surface area contributed by atoms with Crippen molar-refractivity contribution < 1.29 is 18.0 Å². The summed E-state index contributed by atoms with van der Waals surface area (Å²) in [4.78, 5) is 29.1. The summed E-state index contributed by atoms with van der Waals surface area (Å²) in [5.74, 6) is -0.763. The second-order valence-corrected chi connectivity index (χ2v) is 12.8. The first-order valence-electron chi connectivity index (χ1n) is 12.8. The minimum absolute atomic E-state index is 0.136. The van der Waals surface area contributed by atoms with Crippen LogP contribution in [-0.4, -0.2) is 50.0 Å². The highest BCUT2D eigenvalue weighted by molar-refractivity contribution is 9.10. The fourth-order valence-corrected chi connectivity index (χ4v) is 5.49. The van der Waals surface area contributed by atoms with E-state index in [2.05, 4.69) is 21.2 Å². The van der Waals surface area contributed by atoms with Crippen molar-refractivity contribution in [3.63, 3.8) is 0 Å². The Balaban J connectivity index is 2.07. The molecule has 0 bridgehead atoms. The molecule has 0 spiro atoms. The number of hydrogen-bond donors (Lipinski definition) is 1. The zero-order valence-electron chi connectivity index (χ0n) is 23.0. The van der Waals surface area contributed by atoms with Crippen LogP contribution in [0.25, 0.3) is 0 Å². The molecule has 1 atom stereocenters. The van der Waals surface area contributed by atoms with E-state index in [0.29, 0.717) is 5.69 Å². The highest BCUT2D eigenvalue weighted by Gasteiger charge is 2.33. The van der Waals surface area contributed by atoms with E-state index < -0.39 is 28.5 Å². The van der Waals surface area contributed by atoms with Crippen LogP contribution >= 0.6 is 15.9 Å². The molecule has 0 radical (unpaired) electrons. The lowest BCUT2D eigenvalue weighted by atomic mass is 10.0. The summed E-state index contributed by atoms with van der Waals surface area (Å²) in [7, 11) is -3.81. The van der Waals surface area contributed by atoms with Gasteiger partial charge in [-0.15, -0.1) is 0 Å². The van der Waals surface area contributed by atoms with E-state index in [9.17, 15) is 18.0 Å². The molecule has 0 saturated carbocycles. The first-order chi connectivity index (χ1) is 18.4. The van der Waals surface area contributed by atoms with Crippen molar-refractivity contribution in [2.45, 2.75) is 52.7 Å². The van der Waals surface area contributed by atoms with Crippen molar-refractivity contribution >= 4 is 43.5 Å². The second kappa shape index (κ2) is 13.3. The number of anilines is 1. The highest BCUT2D eigenvalue weighted by Crippen LogP contribution is 2.26. The maximum absolute atomic E-state index is 14.1. The molecule has 0 aliphatic carbocycles. The third-order valence-corrected chi connectivity index (χ3v) is 8.15. The molecule has 3 aromatic carbocycles. The monoisotopic (exact) mass is 613 g/mol. The topological polar surface area (TPSA) is 86.8 Å². The molecule has 3 aromatic rings. The number of sulfonamides is 1. The summed E-state index contributed by atoms with van der Waals surface area (Å²) >= 11 is 3.44. The van der Waals surface area contributed by atoms with Crippen LogP contribution in [0.1, 0.15) is 36.1 Å². The van der Waals surface area contributed by atoms with Crippen molar-refractivity contribution in [3.8, 4) is 0 Å². The molecule has 0 aliphatic rings. The molecule has 9 heteroatoms. The minimum atomic E-state index is -3.81. The lowest BCUT2D eigenvalue weighted by molar-refractivity contribution is -0.140. The van der Waals surface area contributed by atoms with Crippen LogP contribution in [-0.2, 0) is 32.6 Å². The Labute approximate surface area is 240 Å². The van der Waals surface area contributed by atoms with Crippen molar-refractivity contribution in [1.29, 1.82) is 0 Å². The van der Waals surface area contributed by atoms with Crippen LogP contribution in [0.15, 0.2) is 77.3 Å². The highest BCUT2D eigenvalue weighted by atomic mass is 79.9. The molecule has 0 unspecified atom stereocenters. The van der Waals surface area contributed by atoms with Gasteiger partial charge in [0.2, 0.25) is 21.8 Å². The Hall–Kier alpha value is -3.17. The van der Waals surface area contributed by atoms with Crippen LogP contribution < -0.4 is 9.62 Å². The normalized spacial score (nSPS) is 12.2. The Morgan fingerprint density at radius 1 is 0.897 bits per heavy atom. The van der Waals surface area contributed by atoms with Gasteiger partial charge in [0.25, 0.3) is 0 Å². The molecule has 0 heterocycles. The van der Waals surface area contributed by atoms with Gasteiger partial charge in [-0.2, -0.15) is 0 Å². The van der Waals surface area contributed by atoms with Gasteiger partial charge in [-0.1, -0.05) is 70.5 Å². The van der Waals surface area contributed by atoms with Crippen LogP contribution in [0.2, 0.25) is 0 Å². The zero-order valence-corrected chi connectivity index (χ0v) is 25.4. The predicted molar refractivity (Wildman–Crippen MR) is 160 cm³/mol. The maximum Gasteiger partial charge on any atom is 0.244 e. The lowest BCUT2D eigenvalue weighted by Gasteiger charge is -2.34. The Kier molecular flexibility index (Phi) is 10.3. The van der Waals surface area contributed by atoms with Gasteiger partial charge in [-0.05, 0) is 68.1 Å². The number of carbonyl (C=O) groups is 2. The molecular weight excluding hydrogens is 578 g/mol. The van der Waals surface area contributed by atoms with Gasteiger partial charge in [0, 0.05) is 23.5 Å². The van der Waals surface area contributed by atoms with Crippen molar-refractivity contribution in [2.24, 2.45) is 0 Å². The number of amides is 2.